The van der Waals surface area contributed by atoms with Gasteiger partial charge in [0.15, 0.2) is 9.84 Å². The molecule has 2 unspecified atom stereocenters. The highest BCUT2D eigenvalue weighted by molar-refractivity contribution is 7.91. The SMILES string of the molecule is CCN(CC)C(=O)CCNC1CS(=O)(=O)CC1O. The van der Waals surface area contributed by atoms with E-state index in [9.17, 15) is 18.3 Å². The Balaban J connectivity index is 2.32. The third kappa shape index (κ3) is 4.22. The summed E-state index contributed by atoms with van der Waals surface area (Å²) >= 11 is 0. The van der Waals surface area contributed by atoms with Gasteiger partial charge in [0.2, 0.25) is 5.91 Å². The van der Waals surface area contributed by atoms with Crippen molar-refractivity contribution in [2.24, 2.45) is 0 Å². The molecule has 0 saturated carbocycles. The Kier molecular flexibility index (Phi) is 5.55. The molecule has 0 aromatic carbocycles. The van der Waals surface area contributed by atoms with Crippen LogP contribution in [0.2, 0.25) is 0 Å². The molecule has 7 heteroatoms. The number of aliphatic hydroxyl groups is 1. The van der Waals surface area contributed by atoms with Crippen LogP contribution >= 0.6 is 0 Å². The third-order valence-electron chi connectivity index (χ3n) is 3.18. The van der Waals surface area contributed by atoms with Crippen molar-refractivity contribution in [1.82, 2.24) is 10.2 Å². The van der Waals surface area contributed by atoms with E-state index in [-0.39, 0.29) is 17.4 Å². The number of hydrogen-bond acceptors (Lipinski definition) is 5. The molecule has 0 spiro atoms. The van der Waals surface area contributed by atoms with Gasteiger partial charge in [-0.3, -0.25) is 4.79 Å². The van der Waals surface area contributed by atoms with Gasteiger partial charge in [-0.15, -0.1) is 0 Å². The first kappa shape index (κ1) is 15.4. The highest BCUT2D eigenvalue weighted by Gasteiger charge is 2.35. The van der Waals surface area contributed by atoms with Crippen molar-refractivity contribution in [3.8, 4) is 0 Å². The van der Waals surface area contributed by atoms with E-state index in [4.69, 9.17) is 0 Å². The number of rotatable bonds is 6. The summed E-state index contributed by atoms with van der Waals surface area (Å²) in [6, 6.07) is -0.445. The van der Waals surface area contributed by atoms with Crippen LogP contribution in [0.15, 0.2) is 0 Å². The number of sulfone groups is 1. The highest BCUT2D eigenvalue weighted by atomic mass is 32.2. The zero-order chi connectivity index (χ0) is 13.8. The Morgan fingerprint density at radius 3 is 2.39 bits per heavy atom. The lowest BCUT2D eigenvalue weighted by molar-refractivity contribution is -0.130. The zero-order valence-corrected chi connectivity index (χ0v) is 11.7. The molecule has 0 aromatic rings. The molecule has 18 heavy (non-hydrogen) atoms. The normalized spacial score (nSPS) is 26.2. The molecule has 6 nitrogen and oxygen atoms in total. The fraction of sp³-hybridized carbons (Fsp3) is 0.909. The molecule has 106 valence electrons. The summed E-state index contributed by atoms with van der Waals surface area (Å²) in [5, 5.41) is 12.5. The van der Waals surface area contributed by atoms with Crippen molar-refractivity contribution >= 4 is 15.7 Å². The Morgan fingerprint density at radius 1 is 1.33 bits per heavy atom. The average molecular weight is 278 g/mol. The molecule has 0 bridgehead atoms. The number of aliphatic hydroxyl groups excluding tert-OH is 1. The maximum atomic E-state index is 11.7. The van der Waals surface area contributed by atoms with Gasteiger partial charge in [-0.2, -0.15) is 0 Å². The Labute approximate surface area is 108 Å². The van der Waals surface area contributed by atoms with Gasteiger partial charge in [0.05, 0.1) is 17.6 Å². The Hall–Kier alpha value is -0.660. The van der Waals surface area contributed by atoms with Crippen LogP contribution in [0.3, 0.4) is 0 Å². The second-order valence-corrected chi connectivity index (χ2v) is 6.67. The van der Waals surface area contributed by atoms with Crippen molar-refractivity contribution in [2.45, 2.75) is 32.4 Å². The summed E-state index contributed by atoms with van der Waals surface area (Å²) in [5.74, 6) is -0.190. The average Bonchev–Trinajstić information content (AvgIpc) is 2.53. The smallest absolute Gasteiger partial charge is 0.223 e. The minimum atomic E-state index is -3.13. The molecule has 0 aliphatic carbocycles. The number of carbonyl (C=O) groups excluding carboxylic acids is 1. The van der Waals surface area contributed by atoms with Crippen LogP contribution in [-0.4, -0.2) is 67.6 Å². The summed E-state index contributed by atoms with van der Waals surface area (Å²) in [7, 11) is -3.13. The molecule has 2 atom stereocenters. The topological polar surface area (TPSA) is 86.7 Å². The van der Waals surface area contributed by atoms with Gasteiger partial charge < -0.3 is 15.3 Å². The predicted octanol–water partition coefficient (Wildman–Crippen LogP) is -1.01. The summed E-state index contributed by atoms with van der Waals surface area (Å²) < 4.78 is 22.5. The van der Waals surface area contributed by atoms with Gasteiger partial charge in [0.25, 0.3) is 0 Å². The molecule has 1 aliphatic rings. The van der Waals surface area contributed by atoms with E-state index in [1.165, 1.54) is 0 Å². The van der Waals surface area contributed by atoms with Gasteiger partial charge in [-0.05, 0) is 13.8 Å². The first-order valence-corrected chi connectivity index (χ1v) is 8.11. The van der Waals surface area contributed by atoms with E-state index < -0.39 is 22.0 Å². The van der Waals surface area contributed by atoms with Crippen LogP contribution in [0.1, 0.15) is 20.3 Å². The van der Waals surface area contributed by atoms with Crippen LogP contribution in [0.25, 0.3) is 0 Å². The van der Waals surface area contributed by atoms with Crippen LogP contribution in [0, 0.1) is 0 Å². The second kappa shape index (κ2) is 6.49. The van der Waals surface area contributed by atoms with Crippen molar-refractivity contribution in [3.63, 3.8) is 0 Å². The third-order valence-corrected chi connectivity index (χ3v) is 4.90. The number of hydrogen-bond donors (Lipinski definition) is 2. The summed E-state index contributed by atoms with van der Waals surface area (Å²) in [6.07, 6.45) is -0.538. The van der Waals surface area contributed by atoms with Gasteiger partial charge in [-0.25, -0.2) is 8.42 Å². The lowest BCUT2D eigenvalue weighted by Gasteiger charge is -2.20. The molecule has 1 fully saturated rings. The van der Waals surface area contributed by atoms with Crippen LogP contribution in [-0.2, 0) is 14.6 Å². The largest absolute Gasteiger partial charge is 0.390 e. The molecule has 0 aromatic heterocycles. The Bertz CT molecular complexity index is 379. The standard InChI is InChI=1S/C11H22N2O4S/c1-3-13(4-2)11(15)5-6-12-9-7-18(16,17)8-10(9)14/h9-10,12,14H,3-8H2,1-2H3. The predicted molar refractivity (Wildman–Crippen MR) is 69.0 cm³/mol. The van der Waals surface area contributed by atoms with Crippen molar-refractivity contribution < 1.29 is 18.3 Å². The molecule has 1 saturated heterocycles. The molecule has 1 rings (SSSR count). The Morgan fingerprint density at radius 2 is 1.94 bits per heavy atom. The zero-order valence-electron chi connectivity index (χ0n) is 10.9. The number of carbonyl (C=O) groups is 1. The van der Waals surface area contributed by atoms with E-state index in [0.29, 0.717) is 26.1 Å². The van der Waals surface area contributed by atoms with Crippen molar-refractivity contribution in [2.75, 3.05) is 31.1 Å². The summed E-state index contributed by atoms with van der Waals surface area (Å²) in [4.78, 5) is 13.4. The van der Waals surface area contributed by atoms with Gasteiger partial charge in [0, 0.05) is 32.1 Å². The monoisotopic (exact) mass is 278 g/mol. The fourth-order valence-electron chi connectivity index (χ4n) is 2.12. The van der Waals surface area contributed by atoms with Gasteiger partial charge in [0.1, 0.15) is 0 Å². The lowest BCUT2D eigenvalue weighted by Crippen LogP contribution is -2.41. The second-order valence-electron chi connectivity index (χ2n) is 4.52. The molecule has 1 amide bonds. The van der Waals surface area contributed by atoms with Crippen molar-refractivity contribution in [1.29, 1.82) is 0 Å². The maximum Gasteiger partial charge on any atom is 0.223 e. The highest BCUT2D eigenvalue weighted by Crippen LogP contribution is 2.12. The molecule has 1 aliphatic heterocycles. The molecule has 1 heterocycles. The number of nitrogens with zero attached hydrogens (tertiary/aromatic N) is 1. The van der Waals surface area contributed by atoms with E-state index in [1.54, 1.807) is 4.90 Å². The minimum absolute atomic E-state index is 0.0443. The first-order chi connectivity index (χ1) is 8.39. The molecular formula is C11H22N2O4S. The van der Waals surface area contributed by atoms with Crippen LogP contribution in [0.4, 0.5) is 0 Å². The van der Waals surface area contributed by atoms with Crippen molar-refractivity contribution in [3.05, 3.63) is 0 Å². The van der Waals surface area contributed by atoms with Crippen LogP contribution < -0.4 is 5.32 Å². The van der Waals surface area contributed by atoms with E-state index in [2.05, 4.69) is 5.32 Å². The fourth-order valence-corrected chi connectivity index (χ4v) is 3.90. The quantitative estimate of drug-likeness (QED) is 0.650. The number of nitrogens with one attached hydrogen (secondary N) is 1. The van der Waals surface area contributed by atoms with Gasteiger partial charge in [-0.1, -0.05) is 0 Å². The van der Waals surface area contributed by atoms with Crippen LogP contribution in [0.5, 0.6) is 0 Å². The molecular weight excluding hydrogens is 256 g/mol. The summed E-state index contributed by atoms with van der Waals surface area (Å²) in [6.45, 7) is 5.59. The number of amides is 1. The van der Waals surface area contributed by atoms with E-state index >= 15 is 0 Å². The summed E-state index contributed by atoms with van der Waals surface area (Å²) in [5.41, 5.74) is 0. The molecule has 0 radical (unpaired) electrons. The minimum Gasteiger partial charge on any atom is -0.390 e. The maximum absolute atomic E-state index is 11.7. The van der Waals surface area contributed by atoms with Gasteiger partial charge >= 0.3 is 0 Å². The van der Waals surface area contributed by atoms with E-state index in [1.807, 2.05) is 13.8 Å². The molecule has 2 N–H and O–H groups in total. The first-order valence-electron chi connectivity index (χ1n) is 6.29. The van der Waals surface area contributed by atoms with E-state index in [0.717, 1.165) is 0 Å². The lowest BCUT2D eigenvalue weighted by atomic mass is 10.2.